The van der Waals surface area contributed by atoms with Gasteiger partial charge < -0.3 is 0 Å². The van der Waals surface area contributed by atoms with Crippen LogP contribution in [0.15, 0.2) is 36.4 Å². The molecule has 5 rings (SSSR count). The fraction of sp³-hybridized carbons (Fsp3) is 0.412. The van der Waals surface area contributed by atoms with Crippen molar-refractivity contribution in [3.63, 3.8) is 0 Å². The zero-order valence-electron chi connectivity index (χ0n) is 12.2. The molecule has 6 nitrogen and oxygen atoms in total. The maximum absolute atomic E-state index is 12.9. The van der Waals surface area contributed by atoms with Gasteiger partial charge >= 0.3 is 0 Å². The third kappa shape index (κ3) is 1.39. The minimum Gasteiger partial charge on any atom is -0.274 e. The number of hydrogen-bond acceptors (Lipinski definition) is 4. The lowest BCUT2D eigenvalue weighted by Crippen LogP contribution is -2.34. The minimum absolute atomic E-state index is 0.111. The second kappa shape index (κ2) is 3.88. The van der Waals surface area contributed by atoms with Crippen LogP contribution in [0.2, 0.25) is 0 Å². The quantitative estimate of drug-likeness (QED) is 0.363. The lowest BCUT2D eigenvalue weighted by Gasteiger charge is -2.21. The molecule has 3 fully saturated rings. The second-order valence-corrected chi connectivity index (χ2v) is 7.01. The first kappa shape index (κ1) is 13.0. The maximum Gasteiger partial charge on any atom is 0.271 e. The Morgan fingerprint density at radius 3 is 2.22 bits per heavy atom. The molecule has 0 aromatic heterocycles. The molecule has 2 saturated carbocycles. The molecule has 1 aromatic rings. The van der Waals surface area contributed by atoms with Crippen LogP contribution in [0.1, 0.15) is 12.8 Å². The van der Waals surface area contributed by atoms with Crippen LogP contribution >= 0.6 is 0 Å². The molecule has 23 heavy (non-hydrogen) atoms. The molecule has 2 amide bonds. The van der Waals surface area contributed by atoms with Gasteiger partial charge in [-0.15, -0.1) is 0 Å². The summed E-state index contributed by atoms with van der Waals surface area (Å²) in [5, 5.41) is 10.9. The lowest BCUT2D eigenvalue weighted by molar-refractivity contribution is -0.384. The van der Waals surface area contributed by atoms with E-state index in [0.717, 1.165) is 12.8 Å². The number of nitro groups is 1. The van der Waals surface area contributed by atoms with E-state index in [2.05, 4.69) is 12.2 Å². The number of non-ortho nitro benzene ring substituents is 1. The Hall–Kier alpha value is -2.50. The van der Waals surface area contributed by atoms with Crippen molar-refractivity contribution in [2.24, 2.45) is 29.1 Å². The van der Waals surface area contributed by atoms with Gasteiger partial charge in [0.05, 0.1) is 22.4 Å². The Balaban J connectivity index is 1.56. The van der Waals surface area contributed by atoms with E-state index in [1.54, 1.807) is 6.07 Å². The highest BCUT2D eigenvalue weighted by Gasteiger charge is 2.73. The van der Waals surface area contributed by atoms with Gasteiger partial charge in [-0.25, -0.2) is 4.90 Å². The standard InChI is InChI=1S/C17H14N2O4/c20-15-13-11-4-5-12(17(11)6-7-17)14(13)16(21)18(15)9-2-1-3-10(8-9)19(22)23/h1-5,8,11-14H,6-7H2/t11-,12-,13-,14-/m0/s1. The molecule has 1 aromatic carbocycles. The highest BCUT2D eigenvalue weighted by molar-refractivity contribution is 6.23. The Kier molecular flexibility index (Phi) is 2.19. The smallest absolute Gasteiger partial charge is 0.271 e. The molecule has 0 unspecified atom stereocenters. The number of carbonyl (C=O) groups excluding carboxylic acids is 2. The summed E-state index contributed by atoms with van der Waals surface area (Å²) in [6, 6.07) is 5.77. The van der Waals surface area contributed by atoms with Gasteiger partial charge in [-0.2, -0.15) is 0 Å². The number of nitrogens with zero attached hydrogens (tertiary/aromatic N) is 2. The van der Waals surface area contributed by atoms with Gasteiger partial charge in [0.1, 0.15) is 0 Å². The SMILES string of the molecule is O=C1[C@@H]2[C@@H](C(=O)N1c1cccc([N+](=O)[O-])c1)[C@@H]1C=C[C@@H]2C12CC2. The maximum atomic E-state index is 12.9. The van der Waals surface area contributed by atoms with Crippen LogP contribution in [-0.2, 0) is 9.59 Å². The summed E-state index contributed by atoms with van der Waals surface area (Å²) in [7, 11) is 0. The van der Waals surface area contributed by atoms with Crippen LogP contribution in [0.3, 0.4) is 0 Å². The van der Waals surface area contributed by atoms with Gasteiger partial charge in [-0.05, 0) is 36.2 Å². The topological polar surface area (TPSA) is 80.5 Å². The number of nitro benzene ring substituents is 1. The Morgan fingerprint density at radius 1 is 1.09 bits per heavy atom. The van der Waals surface area contributed by atoms with Gasteiger partial charge in [0.2, 0.25) is 11.8 Å². The molecule has 116 valence electrons. The molecule has 1 saturated heterocycles. The van der Waals surface area contributed by atoms with Crippen molar-refractivity contribution in [1.82, 2.24) is 0 Å². The number of benzene rings is 1. The van der Waals surface area contributed by atoms with Crippen LogP contribution in [0, 0.1) is 39.2 Å². The molecular formula is C17H14N2O4. The monoisotopic (exact) mass is 310 g/mol. The van der Waals surface area contributed by atoms with Crippen molar-refractivity contribution in [1.29, 1.82) is 0 Å². The molecule has 0 N–H and O–H groups in total. The summed E-state index contributed by atoms with van der Waals surface area (Å²) in [5.74, 6) is -0.610. The average Bonchev–Trinajstić information content (AvgIpc) is 3.13. The minimum atomic E-state index is -0.514. The molecule has 4 atom stereocenters. The van der Waals surface area contributed by atoms with E-state index in [-0.39, 0.29) is 46.6 Å². The summed E-state index contributed by atoms with van der Waals surface area (Å²) in [5.41, 5.74) is 0.364. The number of fused-ring (bicyclic) bond motifs is 3. The summed E-state index contributed by atoms with van der Waals surface area (Å²) in [6.45, 7) is 0. The van der Waals surface area contributed by atoms with Crippen LogP contribution in [0.25, 0.3) is 0 Å². The summed E-state index contributed by atoms with van der Waals surface area (Å²) in [4.78, 5) is 37.4. The largest absolute Gasteiger partial charge is 0.274 e. The number of amides is 2. The highest BCUT2D eigenvalue weighted by atomic mass is 16.6. The lowest BCUT2D eigenvalue weighted by atomic mass is 9.85. The third-order valence-electron chi connectivity index (χ3n) is 6.15. The number of rotatable bonds is 2. The van der Waals surface area contributed by atoms with Gasteiger partial charge in [0.25, 0.3) is 5.69 Å². The summed E-state index contributed by atoms with van der Waals surface area (Å²) >= 11 is 0. The average molecular weight is 310 g/mol. The first-order valence-electron chi connectivity index (χ1n) is 7.85. The number of anilines is 1. The van der Waals surface area contributed by atoms with Crippen molar-refractivity contribution in [2.45, 2.75) is 12.8 Å². The zero-order valence-corrected chi connectivity index (χ0v) is 12.2. The van der Waals surface area contributed by atoms with Gasteiger partial charge in [-0.1, -0.05) is 18.2 Å². The van der Waals surface area contributed by atoms with E-state index >= 15 is 0 Å². The van der Waals surface area contributed by atoms with Crippen molar-refractivity contribution < 1.29 is 14.5 Å². The van der Waals surface area contributed by atoms with E-state index in [4.69, 9.17) is 0 Å². The summed E-state index contributed by atoms with van der Waals surface area (Å²) in [6.07, 6.45) is 6.42. The number of allylic oxidation sites excluding steroid dienone is 2. The number of hydrogen-bond donors (Lipinski definition) is 0. The van der Waals surface area contributed by atoms with Crippen LogP contribution in [0.4, 0.5) is 11.4 Å². The Morgan fingerprint density at radius 2 is 1.70 bits per heavy atom. The molecule has 2 bridgehead atoms. The van der Waals surface area contributed by atoms with Crippen molar-refractivity contribution >= 4 is 23.2 Å². The first-order chi connectivity index (χ1) is 11.0. The van der Waals surface area contributed by atoms with Crippen LogP contribution in [-0.4, -0.2) is 16.7 Å². The van der Waals surface area contributed by atoms with Crippen molar-refractivity contribution in [3.8, 4) is 0 Å². The van der Waals surface area contributed by atoms with Crippen LogP contribution in [0.5, 0.6) is 0 Å². The zero-order chi connectivity index (χ0) is 15.9. The molecule has 3 aliphatic carbocycles. The Bertz CT molecular complexity index is 777. The molecule has 0 radical (unpaired) electrons. The van der Waals surface area contributed by atoms with Crippen LogP contribution < -0.4 is 4.90 Å². The molecule has 6 heteroatoms. The van der Waals surface area contributed by atoms with Crippen molar-refractivity contribution in [2.75, 3.05) is 4.90 Å². The predicted octanol–water partition coefficient (Wildman–Crippen LogP) is 2.30. The first-order valence-corrected chi connectivity index (χ1v) is 7.85. The van der Waals surface area contributed by atoms with Gasteiger partial charge in [0.15, 0.2) is 0 Å². The molecular weight excluding hydrogens is 296 g/mol. The van der Waals surface area contributed by atoms with E-state index in [1.807, 2.05) is 0 Å². The summed E-state index contributed by atoms with van der Waals surface area (Å²) < 4.78 is 0. The molecule has 1 aliphatic heterocycles. The van der Waals surface area contributed by atoms with Gasteiger partial charge in [-0.3, -0.25) is 19.7 Å². The fourth-order valence-electron chi connectivity index (χ4n) is 5.08. The molecule has 1 heterocycles. The number of imide groups is 1. The van der Waals surface area contributed by atoms with Crippen molar-refractivity contribution in [3.05, 3.63) is 46.5 Å². The molecule has 4 aliphatic rings. The normalized spacial score (nSPS) is 35.2. The van der Waals surface area contributed by atoms with E-state index in [0.29, 0.717) is 5.69 Å². The highest BCUT2D eigenvalue weighted by Crippen LogP contribution is 2.73. The van der Waals surface area contributed by atoms with E-state index in [1.165, 1.54) is 23.1 Å². The van der Waals surface area contributed by atoms with E-state index in [9.17, 15) is 19.7 Å². The predicted molar refractivity (Wildman–Crippen MR) is 80.4 cm³/mol. The fourth-order valence-corrected chi connectivity index (χ4v) is 5.08. The van der Waals surface area contributed by atoms with E-state index < -0.39 is 4.92 Å². The molecule has 1 spiro atoms. The number of carbonyl (C=O) groups is 2. The van der Waals surface area contributed by atoms with Gasteiger partial charge in [0, 0.05) is 12.1 Å². The second-order valence-electron chi connectivity index (χ2n) is 7.01. The third-order valence-corrected chi connectivity index (χ3v) is 6.15. The Labute approximate surface area is 131 Å².